The van der Waals surface area contributed by atoms with Crippen LogP contribution in [0.4, 0.5) is 5.69 Å². The second-order valence-corrected chi connectivity index (χ2v) is 9.36. The Balaban J connectivity index is 1.75. The van der Waals surface area contributed by atoms with E-state index in [-0.39, 0.29) is 16.2 Å². The van der Waals surface area contributed by atoms with Crippen molar-refractivity contribution in [3.8, 4) is 5.75 Å². The highest BCUT2D eigenvalue weighted by Gasteiger charge is 2.31. The number of carbonyl (C=O) groups is 2. The van der Waals surface area contributed by atoms with Crippen LogP contribution < -0.4 is 10.1 Å². The molecule has 166 valence electrons. The smallest absolute Gasteiger partial charge is 0.338 e. The van der Waals surface area contributed by atoms with Gasteiger partial charge in [0.2, 0.25) is 10.0 Å². The zero-order valence-corrected chi connectivity index (χ0v) is 18.7. The van der Waals surface area contributed by atoms with Crippen molar-refractivity contribution < 1.29 is 27.5 Å². The number of amides is 1. The molecule has 0 saturated carbocycles. The highest BCUT2D eigenvalue weighted by Crippen LogP contribution is 2.30. The van der Waals surface area contributed by atoms with Crippen LogP contribution >= 0.6 is 11.6 Å². The number of ether oxygens (including phenoxy) is 2. The van der Waals surface area contributed by atoms with Gasteiger partial charge in [-0.05, 0) is 62.2 Å². The molecule has 8 nitrogen and oxygen atoms in total. The van der Waals surface area contributed by atoms with E-state index in [1.165, 1.54) is 36.5 Å². The van der Waals surface area contributed by atoms with Gasteiger partial charge in [0.05, 0.1) is 12.7 Å². The van der Waals surface area contributed by atoms with Gasteiger partial charge < -0.3 is 14.8 Å². The maximum atomic E-state index is 13.0. The topological polar surface area (TPSA) is 102 Å². The fourth-order valence-corrected chi connectivity index (χ4v) is 4.96. The Morgan fingerprint density at radius 3 is 2.35 bits per heavy atom. The van der Waals surface area contributed by atoms with Crippen molar-refractivity contribution in [1.82, 2.24) is 4.31 Å². The number of rotatable bonds is 7. The standard InChI is InChI=1S/C21H23ClN2O6S/c1-14(20(25)23-17-8-6-16(22)7-9-17)30-21(26)15-5-10-18(29-2)19(13-15)31(27,28)24-11-3-4-12-24/h5-10,13-14H,3-4,11-12H2,1-2H3,(H,23,25). The van der Waals surface area contributed by atoms with Gasteiger partial charge in [-0.25, -0.2) is 13.2 Å². The van der Waals surface area contributed by atoms with Gasteiger partial charge in [0.15, 0.2) is 6.10 Å². The zero-order chi connectivity index (χ0) is 22.6. The summed E-state index contributed by atoms with van der Waals surface area (Å²) in [5, 5.41) is 3.14. The fourth-order valence-electron chi connectivity index (χ4n) is 3.13. The number of nitrogens with one attached hydrogen (secondary N) is 1. The van der Waals surface area contributed by atoms with Crippen molar-refractivity contribution >= 4 is 39.2 Å². The Labute approximate surface area is 186 Å². The molecule has 1 fully saturated rings. The molecule has 0 radical (unpaired) electrons. The number of esters is 1. The van der Waals surface area contributed by atoms with E-state index in [4.69, 9.17) is 21.1 Å². The first-order valence-corrected chi connectivity index (χ1v) is 11.5. The number of methoxy groups -OCH3 is 1. The number of benzene rings is 2. The van der Waals surface area contributed by atoms with Crippen LogP contribution in [-0.2, 0) is 19.6 Å². The summed E-state index contributed by atoms with van der Waals surface area (Å²) in [6.45, 7) is 2.26. The van der Waals surface area contributed by atoms with Crippen LogP contribution in [0.15, 0.2) is 47.4 Å². The Morgan fingerprint density at radius 1 is 1.10 bits per heavy atom. The summed E-state index contributed by atoms with van der Waals surface area (Å²) in [5.41, 5.74) is 0.505. The van der Waals surface area contributed by atoms with Gasteiger partial charge in [0.25, 0.3) is 5.91 Å². The molecular formula is C21H23ClN2O6S. The third-order valence-corrected chi connectivity index (χ3v) is 7.02. The van der Waals surface area contributed by atoms with Crippen molar-refractivity contribution in [2.24, 2.45) is 0 Å². The third-order valence-electron chi connectivity index (χ3n) is 4.85. The minimum Gasteiger partial charge on any atom is -0.495 e. The molecule has 1 atom stereocenters. The molecule has 1 N–H and O–H groups in total. The fraction of sp³-hybridized carbons (Fsp3) is 0.333. The number of sulfonamides is 1. The maximum Gasteiger partial charge on any atom is 0.338 e. The predicted molar refractivity (Wildman–Crippen MR) is 116 cm³/mol. The van der Waals surface area contributed by atoms with Gasteiger partial charge in [0, 0.05) is 23.8 Å². The number of hydrogen-bond acceptors (Lipinski definition) is 6. The zero-order valence-electron chi connectivity index (χ0n) is 17.1. The summed E-state index contributed by atoms with van der Waals surface area (Å²) in [4.78, 5) is 24.8. The van der Waals surface area contributed by atoms with E-state index < -0.39 is 28.0 Å². The molecule has 31 heavy (non-hydrogen) atoms. The second-order valence-electron chi connectivity index (χ2n) is 7.02. The minimum atomic E-state index is -3.82. The normalized spacial score (nSPS) is 15.3. The molecule has 2 aromatic rings. The second kappa shape index (κ2) is 9.67. The number of carbonyl (C=O) groups excluding carboxylic acids is 2. The van der Waals surface area contributed by atoms with E-state index in [1.54, 1.807) is 24.3 Å². The summed E-state index contributed by atoms with van der Waals surface area (Å²) in [5.74, 6) is -1.22. The molecule has 1 amide bonds. The Kier molecular flexibility index (Phi) is 7.19. The molecule has 1 aliphatic rings. The van der Waals surface area contributed by atoms with Gasteiger partial charge in [0.1, 0.15) is 10.6 Å². The maximum absolute atomic E-state index is 13.0. The number of nitrogens with zero attached hydrogens (tertiary/aromatic N) is 1. The molecule has 10 heteroatoms. The molecule has 1 saturated heterocycles. The quantitative estimate of drug-likeness (QED) is 0.628. The lowest BCUT2D eigenvalue weighted by atomic mass is 10.2. The largest absolute Gasteiger partial charge is 0.495 e. The molecule has 1 heterocycles. The summed E-state index contributed by atoms with van der Waals surface area (Å²) in [7, 11) is -2.46. The highest BCUT2D eigenvalue weighted by molar-refractivity contribution is 7.89. The monoisotopic (exact) mass is 466 g/mol. The van der Waals surface area contributed by atoms with Crippen LogP contribution in [0.1, 0.15) is 30.1 Å². The Hall–Kier alpha value is -2.62. The lowest BCUT2D eigenvalue weighted by molar-refractivity contribution is -0.123. The summed E-state index contributed by atoms with van der Waals surface area (Å²) in [6, 6.07) is 10.5. The van der Waals surface area contributed by atoms with E-state index in [0.717, 1.165) is 12.8 Å². The first kappa shape index (κ1) is 23.1. The van der Waals surface area contributed by atoms with Crippen molar-refractivity contribution in [3.63, 3.8) is 0 Å². The van der Waals surface area contributed by atoms with E-state index in [1.807, 2.05) is 0 Å². The van der Waals surface area contributed by atoms with Crippen LogP contribution in [0.5, 0.6) is 5.75 Å². The number of halogens is 1. The van der Waals surface area contributed by atoms with Crippen LogP contribution in [0.25, 0.3) is 0 Å². The average molecular weight is 467 g/mol. The Bertz CT molecular complexity index is 1070. The van der Waals surface area contributed by atoms with Crippen molar-refractivity contribution in [2.45, 2.75) is 30.8 Å². The molecule has 3 rings (SSSR count). The van der Waals surface area contributed by atoms with E-state index in [2.05, 4.69) is 5.32 Å². The van der Waals surface area contributed by atoms with Crippen LogP contribution in [0, 0.1) is 0 Å². The molecule has 0 aromatic heterocycles. The van der Waals surface area contributed by atoms with Gasteiger partial charge in [-0.15, -0.1) is 0 Å². The highest BCUT2D eigenvalue weighted by atomic mass is 35.5. The molecule has 0 spiro atoms. The summed E-state index contributed by atoms with van der Waals surface area (Å²) < 4.78 is 37.7. The lowest BCUT2D eigenvalue weighted by Gasteiger charge is -2.18. The molecular weight excluding hydrogens is 444 g/mol. The van der Waals surface area contributed by atoms with Gasteiger partial charge in [-0.2, -0.15) is 4.31 Å². The van der Waals surface area contributed by atoms with Crippen LogP contribution in [0.2, 0.25) is 5.02 Å². The van der Waals surface area contributed by atoms with E-state index >= 15 is 0 Å². The predicted octanol–water partition coefficient (Wildman–Crippen LogP) is 3.32. The van der Waals surface area contributed by atoms with Crippen LogP contribution in [0.3, 0.4) is 0 Å². The average Bonchev–Trinajstić information content (AvgIpc) is 3.30. The SMILES string of the molecule is COc1ccc(C(=O)OC(C)C(=O)Nc2ccc(Cl)cc2)cc1S(=O)(=O)N1CCCC1. The number of anilines is 1. The molecule has 0 aliphatic carbocycles. The minimum absolute atomic E-state index is 0.00437. The van der Waals surface area contributed by atoms with E-state index in [0.29, 0.717) is 23.8 Å². The molecule has 0 bridgehead atoms. The van der Waals surface area contributed by atoms with Crippen LogP contribution in [-0.4, -0.2) is 50.9 Å². The first-order chi connectivity index (χ1) is 14.7. The van der Waals surface area contributed by atoms with Gasteiger partial charge >= 0.3 is 5.97 Å². The summed E-state index contributed by atoms with van der Waals surface area (Å²) >= 11 is 5.82. The Morgan fingerprint density at radius 2 is 1.74 bits per heavy atom. The number of hydrogen-bond donors (Lipinski definition) is 1. The molecule has 1 unspecified atom stereocenters. The first-order valence-electron chi connectivity index (χ1n) is 9.68. The van der Waals surface area contributed by atoms with Gasteiger partial charge in [-0.1, -0.05) is 11.6 Å². The molecule has 2 aromatic carbocycles. The third kappa shape index (κ3) is 5.36. The van der Waals surface area contributed by atoms with Crippen molar-refractivity contribution in [1.29, 1.82) is 0 Å². The van der Waals surface area contributed by atoms with E-state index in [9.17, 15) is 18.0 Å². The lowest BCUT2D eigenvalue weighted by Crippen LogP contribution is -2.30. The van der Waals surface area contributed by atoms with Gasteiger partial charge in [-0.3, -0.25) is 4.79 Å². The summed E-state index contributed by atoms with van der Waals surface area (Å²) in [6.07, 6.45) is 0.455. The van der Waals surface area contributed by atoms with Crippen molar-refractivity contribution in [3.05, 3.63) is 53.1 Å². The van der Waals surface area contributed by atoms with Crippen molar-refractivity contribution in [2.75, 3.05) is 25.5 Å². The molecule has 1 aliphatic heterocycles.